The van der Waals surface area contributed by atoms with Crippen molar-refractivity contribution in [3.8, 4) is 5.75 Å². The van der Waals surface area contributed by atoms with Gasteiger partial charge in [0, 0.05) is 12.3 Å². The van der Waals surface area contributed by atoms with Gasteiger partial charge in [0.25, 0.3) is 5.91 Å². The van der Waals surface area contributed by atoms with Crippen LogP contribution < -0.4 is 10.1 Å². The number of hydrogen-bond donors (Lipinski definition) is 1. The van der Waals surface area contributed by atoms with E-state index in [-0.39, 0.29) is 18.0 Å². The van der Waals surface area contributed by atoms with Gasteiger partial charge in [-0.2, -0.15) is 0 Å². The van der Waals surface area contributed by atoms with Crippen molar-refractivity contribution in [3.05, 3.63) is 57.9 Å². The molecule has 0 unspecified atom stereocenters. The summed E-state index contributed by atoms with van der Waals surface area (Å²) in [5.74, 6) is -0.306. The van der Waals surface area contributed by atoms with Crippen molar-refractivity contribution in [3.63, 3.8) is 0 Å². The lowest BCUT2D eigenvalue weighted by Crippen LogP contribution is -2.20. The SMILES string of the molecule is Cc1cc(C)c(OCC(=O)Nc2cccnc2)c([N+](=O)[O-])c1. The molecule has 7 nitrogen and oxygen atoms in total. The van der Waals surface area contributed by atoms with E-state index < -0.39 is 10.8 Å². The first kappa shape index (κ1) is 15.4. The molecule has 2 rings (SSSR count). The number of aromatic nitrogens is 1. The number of ether oxygens (including phenoxy) is 1. The quantitative estimate of drug-likeness (QED) is 0.676. The Bertz CT molecular complexity index is 701. The summed E-state index contributed by atoms with van der Waals surface area (Å²) in [4.78, 5) is 26.2. The number of anilines is 1. The van der Waals surface area contributed by atoms with Crippen LogP contribution in [0.2, 0.25) is 0 Å². The summed E-state index contributed by atoms with van der Waals surface area (Å²) >= 11 is 0. The maximum Gasteiger partial charge on any atom is 0.311 e. The van der Waals surface area contributed by atoms with Crippen molar-refractivity contribution in [2.75, 3.05) is 11.9 Å². The minimum absolute atomic E-state index is 0.108. The van der Waals surface area contributed by atoms with Gasteiger partial charge in [0.15, 0.2) is 6.61 Å². The zero-order valence-electron chi connectivity index (χ0n) is 12.2. The van der Waals surface area contributed by atoms with Crippen LogP contribution in [0.15, 0.2) is 36.7 Å². The molecule has 7 heteroatoms. The number of nitro groups is 1. The Kier molecular flexibility index (Phi) is 4.67. The number of carbonyl (C=O) groups is 1. The summed E-state index contributed by atoms with van der Waals surface area (Å²) in [5, 5.41) is 13.7. The van der Waals surface area contributed by atoms with Gasteiger partial charge in [-0.05, 0) is 37.1 Å². The van der Waals surface area contributed by atoms with Crippen LogP contribution in [0.3, 0.4) is 0 Å². The zero-order chi connectivity index (χ0) is 16.1. The second kappa shape index (κ2) is 6.66. The smallest absolute Gasteiger partial charge is 0.311 e. The minimum Gasteiger partial charge on any atom is -0.477 e. The lowest BCUT2D eigenvalue weighted by atomic mass is 10.1. The monoisotopic (exact) mass is 301 g/mol. The maximum absolute atomic E-state index is 11.8. The molecule has 0 radical (unpaired) electrons. The van der Waals surface area contributed by atoms with Gasteiger partial charge < -0.3 is 10.1 Å². The summed E-state index contributed by atoms with van der Waals surface area (Å²) in [5.41, 5.74) is 1.76. The van der Waals surface area contributed by atoms with Crippen LogP contribution in [0.5, 0.6) is 5.75 Å². The molecule has 1 aromatic heterocycles. The summed E-state index contributed by atoms with van der Waals surface area (Å²) in [7, 11) is 0. The van der Waals surface area contributed by atoms with Gasteiger partial charge in [0.2, 0.25) is 5.75 Å². The van der Waals surface area contributed by atoms with Gasteiger partial charge >= 0.3 is 5.69 Å². The predicted octanol–water partition coefficient (Wildman–Crippen LogP) is 2.62. The number of carbonyl (C=O) groups excluding carboxylic acids is 1. The molecule has 0 atom stereocenters. The predicted molar refractivity (Wildman–Crippen MR) is 80.9 cm³/mol. The van der Waals surface area contributed by atoms with Crippen LogP contribution in [0, 0.1) is 24.0 Å². The zero-order valence-corrected chi connectivity index (χ0v) is 12.2. The molecule has 1 N–H and O–H groups in total. The molecule has 0 fully saturated rings. The van der Waals surface area contributed by atoms with Crippen molar-refractivity contribution < 1.29 is 14.5 Å². The molecular formula is C15H15N3O4. The van der Waals surface area contributed by atoms with Gasteiger partial charge in [-0.25, -0.2) is 0 Å². The van der Waals surface area contributed by atoms with E-state index in [9.17, 15) is 14.9 Å². The number of pyridine rings is 1. The molecule has 0 bridgehead atoms. The van der Waals surface area contributed by atoms with E-state index in [0.717, 1.165) is 5.56 Å². The molecule has 2 aromatic rings. The molecule has 0 saturated heterocycles. The number of amides is 1. The molecule has 0 spiro atoms. The molecule has 1 aromatic carbocycles. The highest BCUT2D eigenvalue weighted by Gasteiger charge is 2.19. The fraction of sp³-hybridized carbons (Fsp3) is 0.200. The van der Waals surface area contributed by atoms with Crippen molar-refractivity contribution in [2.24, 2.45) is 0 Å². The van der Waals surface area contributed by atoms with Crippen LogP contribution in [0.1, 0.15) is 11.1 Å². The molecule has 0 saturated carbocycles. The fourth-order valence-electron chi connectivity index (χ4n) is 2.03. The fourth-order valence-corrected chi connectivity index (χ4v) is 2.03. The summed E-state index contributed by atoms with van der Waals surface area (Å²) < 4.78 is 5.34. The Hall–Kier alpha value is -2.96. The summed E-state index contributed by atoms with van der Waals surface area (Å²) in [6, 6.07) is 6.55. The van der Waals surface area contributed by atoms with Gasteiger partial charge in [-0.3, -0.25) is 19.9 Å². The number of aryl methyl sites for hydroxylation is 2. The third kappa shape index (κ3) is 3.78. The normalized spacial score (nSPS) is 10.1. The lowest BCUT2D eigenvalue weighted by molar-refractivity contribution is -0.385. The highest BCUT2D eigenvalue weighted by molar-refractivity contribution is 5.91. The Morgan fingerprint density at radius 3 is 2.82 bits per heavy atom. The molecule has 0 aliphatic carbocycles. The Labute approximate surface area is 127 Å². The van der Waals surface area contributed by atoms with E-state index in [4.69, 9.17) is 4.74 Å². The molecule has 0 aliphatic heterocycles. The Balaban J connectivity index is 2.08. The van der Waals surface area contributed by atoms with E-state index in [1.807, 2.05) is 0 Å². The summed E-state index contributed by atoms with van der Waals surface area (Å²) in [6.07, 6.45) is 3.09. The minimum atomic E-state index is -0.519. The van der Waals surface area contributed by atoms with Crippen molar-refractivity contribution >= 4 is 17.3 Å². The third-order valence-electron chi connectivity index (χ3n) is 2.89. The van der Waals surface area contributed by atoms with Crippen molar-refractivity contribution in [1.82, 2.24) is 4.98 Å². The number of nitro benzene ring substituents is 1. The van der Waals surface area contributed by atoms with Crippen LogP contribution in [-0.2, 0) is 4.79 Å². The van der Waals surface area contributed by atoms with Crippen LogP contribution >= 0.6 is 0 Å². The second-order valence-corrected chi connectivity index (χ2v) is 4.77. The van der Waals surface area contributed by atoms with Gasteiger partial charge in [-0.1, -0.05) is 6.07 Å². The maximum atomic E-state index is 11.8. The number of benzene rings is 1. The topological polar surface area (TPSA) is 94.4 Å². The van der Waals surface area contributed by atoms with Crippen LogP contribution in [-0.4, -0.2) is 22.4 Å². The highest BCUT2D eigenvalue weighted by atomic mass is 16.6. The molecule has 1 amide bonds. The standard InChI is InChI=1S/C15H15N3O4/c1-10-6-11(2)15(13(7-10)18(20)21)22-9-14(19)17-12-4-3-5-16-8-12/h3-8H,9H2,1-2H3,(H,17,19). The van der Waals surface area contributed by atoms with Crippen molar-refractivity contribution in [1.29, 1.82) is 0 Å². The van der Waals surface area contributed by atoms with E-state index >= 15 is 0 Å². The Morgan fingerprint density at radius 2 is 2.18 bits per heavy atom. The van der Waals surface area contributed by atoms with Crippen molar-refractivity contribution in [2.45, 2.75) is 13.8 Å². The van der Waals surface area contributed by atoms with Crippen LogP contribution in [0.25, 0.3) is 0 Å². The third-order valence-corrected chi connectivity index (χ3v) is 2.89. The average Bonchev–Trinajstić information content (AvgIpc) is 2.46. The molecule has 1 heterocycles. The number of rotatable bonds is 5. The summed E-state index contributed by atoms with van der Waals surface area (Å²) in [6.45, 7) is 3.15. The van der Waals surface area contributed by atoms with Gasteiger partial charge in [0.05, 0.1) is 16.8 Å². The van der Waals surface area contributed by atoms with E-state index in [0.29, 0.717) is 11.3 Å². The van der Waals surface area contributed by atoms with Crippen LogP contribution in [0.4, 0.5) is 11.4 Å². The first-order valence-corrected chi connectivity index (χ1v) is 6.55. The molecule has 0 aliphatic rings. The van der Waals surface area contributed by atoms with E-state index in [1.165, 1.54) is 12.3 Å². The molecular weight excluding hydrogens is 286 g/mol. The lowest BCUT2D eigenvalue weighted by Gasteiger charge is -2.10. The number of hydrogen-bond acceptors (Lipinski definition) is 5. The van der Waals surface area contributed by atoms with Gasteiger partial charge in [-0.15, -0.1) is 0 Å². The largest absolute Gasteiger partial charge is 0.477 e. The average molecular weight is 301 g/mol. The Morgan fingerprint density at radius 1 is 1.41 bits per heavy atom. The molecule has 114 valence electrons. The van der Waals surface area contributed by atoms with E-state index in [1.54, 1.807) is 38.2 Å². The number of nitrogens with one attached hydrogen (secondary N) is 1. The first-order valence-electron chi connectivity index (χ1n) is 6.55. The van der Waals surface area contributed by atoms with E-state index in [2.05, 4.69) is 10.3 Å². The molecule has 22 heavy (non-hydrogen) atoms. The first-order chi connectivity index (χ1) is 10.5. The van der Waals surface area contributed by atoms with Gasteiger partial charge in [0.1, 0.15) is 0 Å². The highest BCUT2D eigenvalue weighted by Crippen LogP contribution is 2.31. The number of nitrogens with zero attached hydrogens (tertiary/aromatic N) is 2. The second-order valence-electron chi connectivity index (χ2n) is 4.77.